The Bertz CT molecular complexity index is 399. The second-order valence-corrected chi connectivity index (χ2v) is 5.25. The minimum atomic E-state index is -0.347. The van der Waals surface area contributed by atoms with Gasteiger partial charge in [-0.2, -0.15) is 0 Å². The molecule has 1 aromatic rings. The number of carbonyl (C=O) groups excluding carboxylic acids is 1. The van der Waals surface area contributed by atoms with Gasteiger partial charge >= 0.3 is 0 Å². The summed E-state index contributed by atoms with van der Waals surface area (Å²) in [6.07, 6.45) is 9.82. The number of likely N-dealkylation sites (N-methyl/N-ethyl adjacent to an activating group) is 1. The van der Waals surface area contributed by atoms with Crippen LogP contribution in [0.15, 0.2) is 24.5 Å². The molecule has 2 heterocycles. The van der Waals surface area contributed by atoms with E-state index < -0.39 is 0 Å². The first-order valence-corrected chi connectivity index (χ1v) is 7.13. The van der Waals surface area contributed by atoms with Crippen molar-refractivity contribution in [2.45, 2.75) is 44.1 Å². The Hall–Kier alpha value is -1.42. The van der Waals surface area contributed by atoms with Crippen LogP contribution in [0.25, 0.3) is 0 Å². The summed E-state index contributed by atoms with van der Waals surface area (Å²) in [5.74, 6) is 0.141. The molecule has 0 bridgehead atoms. The van der Waals surface area contributed by atoms with Crippen molar-refractivity contribution >= 4 is 5.91 Å². The molecular formula is C15H23N3O. The number of carbonyl (C=O) groups is 1. The fourth-order valence-electron chi connectivity index (χ4n) is 2.87. The topological polar surface area (TPSA) is 54.0 Å². The first kappa shape index (κ1) is 14.0. The van der Waals surface area contributed by atoms with Gasteiger partial charge in [0.15, 0.2) is 0 Å². The van der Waals surface area contributed by atoms with Gasteiger partial charge in [0.25, 0.3) is 0 Å². The van der Waals surface area contributed by atoms with E-state index in [1.165, 1.54) is 12.0 Å². The monoisotopic (exact) mass is 261 g/mol. The third-order valence-electron chi connectivity index (χ3n) is 3.97. The molecule has 2 rings (SSSR count). The van der Waals surface area contributed by atoms with E-state index >= 15 is 0 Å². The Labute approximate surface area is 115 Å². The first-order chi connectivity index (χ1) is 9.27. The number of hydrogen-bond donors (Lipinski definition) is 2. The summed E-state index contributed by atoms with van der Waals surface area (Å²) in [7, 11) is 1.73. The van der Waals surface area contributed by atoms with E-state index in [0.29, 0.717) is 0 Å². The van der Waals surface area contributed by atoms with Gasteiger partial charge in [-0.3, -0.25) is 9.78 Å². The largest absolute Gasteiger partial charge is 0.358 e. The standard InChI is InChI=1S/C15H23N3O/c1-16-14(19)15(8-2-3-10-18-15)9-4-5-13-6-11-17-12-7-13/h6-7,11-12,18H,2-5,8-10H2,1H3,(H,16,19)/t15-/m0/s1. The van der Waals surface area contributed by atoms with Crippen LogP contribution in [0.4, 0.5) is 0 Å². The quantitative estimate of drug-likeness (QED) is 0.847. The van der Waals surface area contributed by atoms with Crippen LogP contribution in [0.1, 0.15) is 37.7 Å². The van der Waals surface area contributed by atoms with Crippen molar-refractivity contribution < 1.29 is 4.79 Å². The van der Waals surface area contributed by atoms with Crippen molar-refractivity contribution in [1.82, 2.24) is 15.6 Å². The number of nitrogens with zero attached hydrogens (tertiary/aromatic N) is 1. The SMILES string of the molecule is CNC(=O)[C@@]1(CCCc2ccncc2)CCCCN1. The van der Waals surface area contributed by atoms with E-state index in [2.05, 4.69) is 15.6 Å². The van der Waals surface area contributed by atoms with Gasteiger partial charge in [0, 0.05) is 19.4 Å². The molecule has 0 saturated carbocycles. The summed E-state index contributed by atoms with van der Waals surface area (Å²) in [6.45, 7) is 0.947. The van der Waals surface area contributed by atoms with E-state index in [1.807, 2.05) is 24.5 Å². The first-order valence-electron chi connectivity index (χ1n) is 7.13. The van der Waals surface area contributed by atoms with Crippen molar-refractivity contribution in [3.63, 3.8) is 0 Å². The molecule has 0 unspecified atom stereocenters. The second kappa shape index (κ2) is 6.66. The average Bonchev–Trinajstić information content (AvgIpc) is 2.48. The molecular weight excluding hydrogens is 238 g/mol. The Balaban J connectivity index is 1.91. The number of nitrogens with one attached hydrogen (secondary N) is 2. The van der Waals surface area contributed by atoms with E-state index in [-0.39, 0.29) is 11.4 Å². The Morgan fingerprint density at radius 1 is 1.42 bits per heavy atom. The zero-order valence-corrected chi connectivity index (χ0v) is 11.6. The van der Waals surface area contributed by atoms with Gasteiger partial charge in [0.1, 0.15) is 0 Å². The van der Waals surface area contributed by atoms with E-state index in [9.17, 15) is 4.79 Å². The van der Waals surface area contributed by atoms with Gasteiger partial charge in [0.05, 0.1) is 5.54 Å². The minimum Gasteiger partial charge on any atom is -0.358 e. The maximum atomic E-state index is 12.1. The van der Waals surface area contributed by atoms with Gasteiger partial charge in [-0.05, 0) is 62.8 Å². The average molecular weight is 261 g/mol. The molecule has 1 fully saturated rings. The zero-order chi connectivity index (χ0) is 13.6. The highest BCUT2D eigenvalue weighted by molar-refractivity contribution is 5.86. The zero-order valence-electron chi connectivity index (χ0n) is 11.6. The molecule has 1 aliphatic heterocycles. The molecule has 1 saturated heterocycles. The van der Waals surface area contributed by atoms with Gasteiger partial charge in [-0.15, -0.1) is 0 Å². The van der Waals surface area contributed by atoms with Gasteiger partial charge in [-0.25, -0.2) is 0 Å². The smallest absolute Gasteiger partial charge is 0.240 e. The fraction of sp³-hybridized carbons (Fsp3) is 0.600. The van der Waals surface area contributed by atoms with Crippen molar-refractivity contribution in [1.29, 1.82) is 0 Å². The third kappa shape index (κ3) is 3.53. The number of amides is 1. The molecule has 1 amide bonds. The van der Waals surface area contributed by atoms with Crippen LogP contribution in [0.5, 0.6) is 0 Å². The highest BCUT2D eigenvalue weighted by atomic mass is 16.2. The molecule has 2 N–H and O–H groups in total. The van der Waals surface area contributed by atoms with E-state index in [4.69, 9.17) is 0 Å². The molecule has 0 spiro atoms. The molecule has 1 aromatic heterocycles. The van der Waals surface area contributed by atoms with Crippen LogP contribution in [0.3, 0.4) is 0 Å². The van der Waals surface area contributed by atoms with Crippen molar-refractivity contribution in [2.24, 2.45) is 0 Å². The Morgan fingerprint density at radius 3 is 2.84 bits per heavy atom. The summed E-state index contributed by atoms with van der Waals surface area (Å²) in [5.41, 5.74) is 0.942. The molecule has 4 nitrogen and oxygen atoms in total. The van der Waals surface area contributed by atoms with Crippen molar-refractivity contribution in [3.05, 3.63) is 30.1 Å². The summed E-state index contributed by atoms with van der Waals surface area (Å²) < 4.78 is 0. The summed E-state index contributed by atoms with van der Waals surface area (Å²) in [6, 6.07) is 4.09. The Morgan fingerprint density at radius 2 is 2.21 bits per heavy atom. The van der Waals surface area contributed by atoms with E-state index in [1.54, 1.807) is 7.05 Å². The number of aryl methyl sites for hydroxylation is 1. The molecule has 4 heteroatoms. The number of pyridine rings is 1. The molecule has 1 aliphatic rings. The minimum absolute atomic E-state index is 0.141. The van der Waals surface area contributed by atoms with Crippen LogP contribution >= 0.6 is 0 Å². The predicted octanol–water partition coefficient (Wildman–Crippen LogP) is 1.66. The fourth-order valence-corrected chi connectivity index (χ4v) is 2.87. The summed E-state index contributed by atoms with van der Waals surface area (Å²) >= 11 is 0. The molecule has 1 atom stereocenters. The Kier molecular flexibility index (Phi) is 4.91. The van der Waals surface area contributed by atoms with Crippen LogP contribution in [-0.2, 0) is 11.2 Å². The number of piperidine rings is 1. The maximum Gasteiger partial charge on any atom is 0.240 e. The number of hydrogen-bond acceptors (Lipinski definition) is 3. The number of rotatable bonds is 5. The lowest BCUT2D eigenvalue weighted by molar-refractivity contribution is -0.128. The van der Waals surface area contributed by atoms with Crippen LogP contribution in [0, 0.1) is 0 Å². The lowest BCUT2D eigenvalue weighted by Gasteiger charge is -2.36. The summed E-state index contributed by atoms with van der Waals surface area (Å²) in [5, 5.41) is 6.26. The molecule has 19 heavy (non-hydrogen) atoms. The third-order valence-corrected chi connectivity index (χ3v) is 3.97. The van der Waals surface area contributed by atoms with Gasteiger partial charge < -0.3 is 10.6 Å². The number of aromatic nitrogens is 1. The summed E-state index contributed by atoms with van der Waals surface area (Å²) in [4.78, 5) is 16.2. The van der Waals surface area contributed by atoms with Crippen molar-refractivity contribution in [3.8, 4) is 0 Å². The lowest BCUT2D eigenvalue weighted by Crippen LogP contribution is -2.58. The highest BCUT2D eigenvalue weighted by Crippen LogP contribution is 2.25. The normalized spacial score (nSPS) is 23.0. The maximum absolute atomic E-state index is 12.1. The second-order valence-electron chi connectivity index (χ2n) is 5.25. The van der Waals surface area contributed by atoms with Gasteiger partial charge in [0.2, 0.25) is 5.91 Å². The van der Waals surface area contributed by atoms with Gasteiger partial charge in [-0.1, -0.05) is 0 Å². The molecule has 0 aromatic carbocycles. The highest BCUT2D eigenvalue weighted by Gasteiger charge is 2.37. The van der Waals surface area contributed by atoms with Crippen molar-refractivity contribution in [2.75, 3.05) is 13.6 Å². The lowest BCUT2D eigenvalue weighted by atomic mass is 9.83. The molecule has 0 radical (unpaired) electrons. The van der Waals surface area contributed by atoms with Crippen LogP contribution in [0.2, 0.25) is 0 Å². The molecule has 104 valence electrons. The molecule has 0 aliphatic carbocycles. The van der Waals surface area contributed by atoms with Crippen LogP contribution < -0.4 is 10.6 Å². The predicted molar refractivity (Wildman–Crippen MR) is 75.8 cm³/mol. The van der Waals surface area contributed by atoms with Crippen LogP contribution in [-0.4, -0.2) is 30.0 Å². The van der Waals surface area contributed by atoms with E-state index in [0.717, 1.165) is 38.6 Å².